The van der Waals surface area contributed by atoms with E-state index < -0.39 is 55.2 Å². The van der Waals surface area contributed by atoms with Gasteiger partial charge in [0.2, 0.25) is 0 Å². The molecule has 0 aliphatic carbocycles. The minimum Gasteiger partial charge on any atom is -0.467 e. The highest BCUT2D eigenvalue weighted by Crippen LogP contribution is 2.29. The second-order valence-corrected chi connectivity index (χ2v) is 10.1. The molecule has 208 valence electrons. The number of aliphatic hydroxyl groups is 4. The predicted molar refractivity (Wildman–Crippen MR) is 143 cm³/mol. The number of rotatable bonds is 11. The van der Waals surface area contributed by atoms with Crippen LogP contribution >= 0.6 is 11.8 Å². The van der Waals surface area contributed by atoms with Gasteiger partial charge in [0.15, 0.2) is 6.29 Å². The van der Waals surface area contributed by atoms with E-state index in [0.29, 0.717) is 23.3 Å². The number of amides is 1. The largest absolute Gasteiger partial charge is 0.467 e. The highest BCUT2D eigenvalue weighted by atomic mass is 32.2. The van der Waals surface area contributed by atoms with Gasteiger partial charge in [-0.3, -0.25) is 4.79 Å². The first-order chi connectivity index (χ1) is 18.2. The van der Waals surface area contributed by atoms with Crippen LogP contribution in [0.3, 0.4) is 0 Å². The maximum absolute atomic E-state index is 13.4. The quantitative estimate of drug-likeness (QED) is 0.219. The molecule has 10 nitrogen and oxygen atoms in total. The lowest BCUT2D eigenvalue weighted by Gasteiger charge is -2.40. The summed E-state index contributed by atoms with van der Waals surface area (Å²) < 4.78 is 10.1. The van der Waals surface area contributed by atoms with Gasteiger partial charge in [-0.05, 0) is 59.7 Å². The van der Waals surface area contributed by atoms with Crippen molar-refractivity contribution in [2.24, 2.45) is 0 Å². The van der Waals surface area contributed by atoms with Gasteiger partial charge in [0.1, 0.15) is 24.4 Å². The third-order valence-electron chi connectivity index (χ3n) is 6.61. The van der Waals surface area contributed by atoms with Crippen molar-refractivity contribution < 1.29 is 39.5 Å². The summed E-state index contributed by atoms with van der Waals surface area (Å²) in [6.07, 6.45) is -2.92. The van der Waals surface area contributed by atoms with E-state index >= 15 is 0 Å². The first-order valence-corrected chi connectivity index (χ1v) is 13.7. The van der Waals surface area contributed by atoms with Crippen LogP contribution in [0.2, 0.25) is 0 Å². The van der Waals surface area contributed by atoms with Gasteiger partial charge in [-0.2, -0.15) is 11.8 Å². The molecule has 2 aromatic carbocycles. The van der Waals surface area contributed by atoms with Crippen LogP contribution in [0.15, 0.2) is 42.5 Å². The first-order valence-electron chi connectivity index (χ1n) is 12.3. The molecule has 1 amide bonds. The number of aryl methyl sites for hydroxylation is 1. The minimum atomic E-state index is -1.44. The molecule has 0 bridgehead atoms. The summed E-state index contributed by atoms with van der Waals surface area (Å²) in [5.74, 6) is -0.252. The summed E-state index contributed by atoms with van der Waals surface area (Å²) in [7, 11) is 1.29. The Kier molecular flexibility index (Phi) is 11.1. The third-order valence-corrected chi connectivity index (χ3v) is 7.25. The van der Waals surface area contributed by atoms with Gasteiger partial charge in [-0.25, -0.2) is 4.79 Å². The molecule has 1 aliphatic heterocycles. The Morgan fingerprint density at radius 3 is 2.50 bits per heavy atom. The van der Waals surface area contributed by atoms with E-state index in [0.717, 1.165) is 16.7 Å². The molecule has 0 radical (unpaired) electrons. The number of carbonyl (C=O) groups is 2. The fraction of sp³-hybridized carbons (Fsp3) is 0.481. The summed E-state index contributed by atoms with van der Waals surface area (Å²) in [6, 6.07) is 11.0. The normalized spacial score (nSPS) is 24.0. The number of nitrogens with one attached hydrogen (secondary N) is 2. The molecule has 2 aromatic rings. The van der Waals surface area contributed by atoms with Gasteiger partial charge in [0, 0.05) is 12.1 Å². The number of hydrogen-bond donors (Lipinski definition) is 6. The van der Waals surface area contributed by atoms with Gasteiger partial charge in [0.05, 0.1) is 19.8 Å². The number of thioether (sulfide) groups is 1. The number of benzene rings is 2. The summed E-state index contributed by atoms with van der Waals surface area (Å²) in [4.78, 5) is 25.6. The second kappa shape index (κ2) is 14.0. The van der Waals surface area contributed by atoms with Crippen LogP contribution < -0.4 is 10.6 Å². The van der Waals surface area contributed by atoms with E-state index in [4.69, 9.17) is 9.47 Å². The van der Waals surface area contributed by atoms with Crippen molar-refractivity contribution in [1.82, 2.24) is 10.6 Å². The number of esters is 1. The van der Waals surface area contributed by atoms with Crippen LogP contribution in [-0.4, -0.2) is 94.7 Å². The van der Waals surface area contributed by atoms with Crippen LogP contribution in [-0.2, 0) is 20.8 Å². The number of ether oxygens (including phenoxy) is 2. The Labute approximate surface area is 226 Å². The van der Waals surface area contributed by atoms with Crippen molar-refractivity contribution in [1.29, 1.82) is 0 Å². The number of methoxy groups -OCH3 is 1. The Bertz CT molecular complexity index is 1100. The molecule has 0 spiro atoms. The Morgan fingerprint density at radius 1 is 1.11 bits per heavy atom. The molecule has 11 heteroatoms. The van der Waals surface area contributed by atoms with E-state index in [1.165, 1.54) is 7.11 Å². The Hall–Kier alpha value is -2.51. The number of aliphatic hydroxyl groups excluding tert-OH is 4. The fourth-order valence-electron chi connectivity index (χ4n) is 4.41. The minimum absolute atomic E-state index is 0.179. The maximum atomic E-state index is 13.4. The van der Waals surface area contributed by atoms with Gasteiger partial charge in [0.25, 0.3) is 5.91 Å². The summed E-state index contributed by atoms with van der Waals surface area (Å²) >= 11 is 1.56. The third kappa shape index (κ3) is 7.11. The highest BCUT2D eigenvalue weighted by Gasteiger charge is 2.43. The second-order valence-electron chi connectivity index (χ2n) is 9.16. The van der Waals surface area contributed by atoms with E-state index in [9.17, 15) is 30.0 Å². The lowest BCUT2D eigenvalue weighted by molar-refractivity contribution is -0.254. The molecule has 1 fully saturated rings. The van der Waals surface area contributed by atoms with Crippen molar-refractivity contribution in [3.05, 3.63) is 59.2 Å². The van der Waals surface area contributed by atoms with Crippen LogP contribution in [0.1, 0.15) is 27.9 Å². The zero-order valence-corrected chi connectivity index (χ0v) is 22.5. The van der Waals surface area contributed by atoms with E-state index in [1.807, 2.05) is 43.5 Å². The molecule has 6 N–H and O–H groups in total. The van der Waals surface area contributed by atoms with E-state index in [1.54, 1.807) is 23.9 Å². The van der Waals surface area contributed by atoms with Crippen LogP contribution in [0.25, 0.3) is 11.1 Å². The van der Waals surface area contributed by atoms with E-state index in [-0.39, 0.29) is 6.54 Å². The lowest BCUT2D eigenvalue weighted by Crippen LogP contribution is -2.63. The van der Waals surface area contributed by atoms with Gasteiger partial charge < -0.3 is 40.5 Å². The lowest BCUT2D eigenvalue weighted by atomic mass is 9.93. The van der Waals surface area contributed by atoms with Crippen LogP contribution in [0, 0.1) is 6.92 Å². The molecular formula is C27H36N2O8S. The maximum Gasteiger partial charge on any atom is 0.328 e. The Balaban J connectivity index is 1.87. The zero-order chi connectivity index (χ0) is 27.8. The number of carbonyl (C=O) groups excluding carboxylic acids is 2. The fourth-order valence-corrected chi connectivity index (χ4v) is 4.89. The highest BCUT2D eigenvalue weighted by molar-refractivity contribution is 7.98. The molecule has 1 saturated heterocycles. The topological polar surface area (TPSA) is 158 Å². The predicted octanol–water partition coefficient (Wildman–Crippen LogP) is 0.576. The molecule has 38 heavy (non-hydrogen) atoms. The molecule has 0 aromatic heterocycles. The Morgan fingerprint density at radius 2 is 1.84 bits per heavy atom. The first kappa shape index (κ1) is 30.0. The molecule has 1 aliphatic rings. The SMILES string of the molecule is COC(=O)C(CCSC)NC(=O)c1ccc(CNC2C(O)OC(CO)C(O)C2O)cc1-c1ccccc1C. The van der Waals surface area contributed by atoms with Gasteiger partial charge >= 0.3 is 5.97 Å². The van der Waals surface area contributed by atoms with Crippen molar-refractivity contribution in [2.75, 3.05) is 25.7 Å². The summed E-state index contributed by atoms with van der Waals surface area (Å²) in [5.41, 5.74) is 3.55. The standard InChI is InChI=1S/C27H36N2O8S/c1-15-6-4-5-7-17(15)19-12-16(13-28-22-24(32)23(31)21(14-30)37-27(22)35)8-9-18(19)25(33)29-20(10-11-38-3)26(34)36-2/h4-9,12,20-24,27-28,30-32,35H,10-11,13-14H2,1-3H3,(H,29,33). The average molecular weight is 549 g/mol. The smallest absolute Gasteiger partial charge is 0.328 e. The van der Waals surface area contributed by atoms with Crippen molar-refractivity contribution in [2.45, 2.75) is 56.6 Å². The van der Waals surface area contributed by atoms with Gasteiger partial charge in [-0.15, -0.1) is 0 Å². The zero-order valence-electron chi connectivity index (χ0n) is 21.7. The summed E-state index contributed by atoms with van der Waals surface area (Å²) in [6.45, 7) is 1.57. The van der Waals surface area contributed by atoms with Crippen molar-refractivity contribution in [3.63, 3.8) is 0 Å². The van der Waals surface area contributed by atoms with Crippen LogP contribution in [0.4, 0.5) is 0 Å². The molecule has 1 heterocycles. The molecule has 6 unspecified atom stereocenters. The molecular weight excluding hydrogens is 512 g/mol. The summed E-state index contributed by atoms with van der Waals surface area (Å²) in [5, 5.41) is 45.9. The van der Waals surface area contributed by atoms with Crippen molar-refractivity contribution >= 4 is 23.6 Å². The van der Waals surface area contributed by atoms with Gasteiger partial charge in [-0.1, -0.05) is 30.3 Å². The van der Waals surface area contributed by atoms with Crippen LogP contribution in [0.5, 0.6) is 0 Å². The van der Waals surface area contributed by atoms with Crippen molar-refractivity contribution in [3.8, 4) is 11.1 Å². The molecule has 3 rings (SSSR count). The number of hydrogen-bond acceptors (Lipinski definition) is 10. The average Bonchev–Trinajstić information content (AvgIpc) is 2.92. The monoisotopic (exact) mass is 548 g/mol. The molecule has 6 atom stereocenters. The molecule has 0 saturated carbocycles. The van der Waals surface area contributed by atoms with E-state index in [2.05, 4.69) is 10.6 Å².